The molecule has 0 amide bonds. The molecule has 0 aliphatic rings. The summed E-state index contributed by atoms with van der Waals surface area (Å²) in [7, 11) is -3.27. The molecule has 0 unspecified atom stereocenters. The van der Waals surface area contributed by atoms with Crippen LogP contribution >= 0.6 is 0 Å². The van der Waals surface area contributed by atoms with E-state index in [0.717, 1.165) is 0 Å². The standard InChI is InChI=1S/C14H18O5S/c1-2-10-20(18,19)12-8-6-11(7-9-12)13(15)4-3-5-14(16)17/h6-9H,2-5,10H2,1H3,(H,16,17). The predicted molar refractivity (Wildman–Crippen MR) is 74.6 cm³/mol. The van der Waals surface area contributed by atoms with Gasteiger partial charge in [0.15, 0.2) is 15.6 Å². The predicted octanol–water partition coefficient (Wildman–Crippen LogP) is 2.31. The molecule has 0 saturated carbocycles. The first kappa shape index (κ1) is 16.4. The van der Waals surface area contributed by atoms with Crippen molar-refractivity contribution in [1.29, 1.82) is 0 Å². The molecular formula is C14H18O5S. The van der Waals surface area contributed by atoms with E-state index in [2.05, 4.69) is 0 Å². The maximum Gasteiger partial charge on any atom is 0.303 e. The molecule has 0 fully saturated rings. The molecule has 1 aromatic carbocycles. The van der Waals surface area contributed by atoms with E-state index in [-0.39, 0.29) is 35.7 Å². The quantitative estimate of drug-likeness (QED) is 0.744. The Hall–Kier alpha value is -1.69. The molecule has 1 rings (SSSR count). The van der Waals surface area contributed by atoms with Gasteiger partial charge in [-0.2, -0.15) is 0 Å². The Morgan fingerprint density at radius 1 is 1.10 bits per heavy atom. The van der Waals surface area contributed by atoms with Gasteiger partial charge >= 0.3 is 5.97 Å². The lowest BCUT2D eigenvalue weighted by Crippen LogP contribution is -2.07. The van der Waals surface area contributed by atoms with E-state index in [1.165, 1.54) is 24.3 Å². The van der Waals surface area contributed by atoms with Crippen molar-refractivity contribution in [2.75, 3.05) is 5.75 Å². The number of hydrogen-bond donors (Lipinski definition) is 1. The first-order valence-electron chi connectivity index (χ1n) is 6.44. The van der Waals surface area contributed by atoms with Gasteiger partial charge in [0.2, 0.25) is 0 Å². The minimum atomic E-state index is -3.27. The van der Waals surface area contributed by atoms with E-state index in [9.17, 15) is 18.0 Å². The number of sulfone groups is 1. The summed E-state index contributed by atoms with van der Waals surface area (Å²) in [5, 5.41) is 8.50. The molecule has 110 valence electrons. The van der Waals surface area contributed by atoms with Gasteiger partial charge in [-0.05, 0) is 25.0 Å². The Morgan fingerprint density at radius 3 is 2.20 bits per heavy atom. The zero-order valence-corrected chi connectivity index (χ0v) is 12.1. The van der Waals surface area contributed by atoms with Crippen LogP contribution in [0.1, 0.15) is 43.0 Å². The van der Waals surface area contributed by atoms with E-state index in [1.54, 1.807) is 6.92 Å². The normalized spacial score (nSPS) is 11.2. The number of hydrogen-bond acceptors (Lipinski definition) is 4. The molecule has 0 heterocycles. The molecule has 0 bridgehead atoms. The van der Waals surface area contributed by atoms with E-state index in [0.29, 0.717) is 12.0 Å². The average molecular weight is 298 g/mol. The van der Waals surface area contributed by atoms with Crippen molar-refractivity contribution in [2.24, 2.45) is 0 Å². The zero-order valence-electron chi connectivity index (χ0n) is 11.3. The number of Topliss-reactive ketones (excluding diaryl/α,β-unsaturated/α-hetero) is 1. The van der Waals surface area contributed by atoms with Crippen molar-refractivity contribution in [3.8, 4) is 0 Å². The summed E-state index contributed by atoms with van der Waals surface area (Å²) in [6.07, 6.45) is 0.921. The number of benzene rings is 1. The Labute approximate surface area is 118 Å². The van der Waals surface area contributed by atoms with Gasteiger partial charge in [-0.1, -0.05) is 19.1 Å². The number of aliphatic carboxylic acids is 1. The van der Waals surface area contributed by atoms with Gasteiger partial charge < -0.3 is 5.11 Å². The Morgan fingerprint density at radius 2 is 1.70 bits per heavy atom. The van der Waals surface area contributed by atoms with Crippen LogP contribution in [0, 0.1) is 0 Å². The molecule has 0 radical (unpaired) electrons. The molecule has 0 atom stereocenters. The lowest BCUT2D eigenvalue weighted by molar-refractivity contribution is -0.137. The van der Waals surface area contributed by atoms with Crippen molar-refractivity contribution < 1.29 is 23.1 Å². The minimum absolute atomic E-state index is 0.0469. The fourth-order valence-corrected chi connectivity index (χ4v) is 3.10. The van der Waals surface area contributed by atoms with Crippen molar-refractivity contribution in [2.45, 2.75) is 37.5 Å². The molecule has 20 heavy (non-hydrogen) atoms. The SMILES string of the molecule is CCCS(=O)(=O)c1ccc(C(=O)CCCC(=O)O)cc1. The number of rotatable bonds is 8. The van der Waals surface area contributed by atoms with Gasteiger partial charge in [0.1, 0.15) is 0 Å². The van der Waals surface area contributed by atoms with Gasteiger partial charge in [-0.3, -0.25) is 9.59 Å². The smallest absolute Gasteiger partial charge is 0.303 e. The molecule has 0 aromatic heterocycles. The summed E-state index contributed by atoms with van der Waals surface area (Å²) < 4.78 is 23.6. The van der Waals surface area contributed by atoms with E-state index in [4.69, 9.17) is 5.11 Å². The molecule has 5 nitrogen and oxygen atoms in total. The summed E-state index contributed by atoms with van der Waals surface area (Å²) in [4.78, 5) is 22.3. The van der Waals surface area contributed by atoms with Crippen molar-refractivity contribution >= 4 is 21.6 Å². The highest BCUT2D eigenvalue weighted by atomic mass is 32.2. The summed E-state index contributed by atoms with van der Waals surface area (Å²) in [5.41, 5.74) is 0.408. The van der Waals surface area contributed by atoms with Crippen LogP contribution in [0.25, 0.3) is 0 Å². The Balaban J connectivity index is 2.71. The summed E-state index contributed by atoms with van der Waals surface area (Å²) in [6, 6.07) is 5.81. The van der Waals surface area contributed by atoms with Crippen LogP contribution < -0.4 is 0 Å². The molecule has 1 aromatic rings. The fraction of sp³-hybridized carbons (Fsp3) is 0.429. The van der Waals surface area contributed by atoms with E-state index < -0.39 is 15.8 Å². The number of ketones is 1. The van der Waals surface area contributed by atoms with E-state index >= 15 is 0 Å². The number of carboxylic acids is 1. The minimum Gasteiger partial charge on any atom is -0.481 e. The van der Waals surface area contributed by atoms with Crippen LogP contribution in [0.2, 0.25) is 0 Å². The van der Waals surface area contributed by atoms with Crippen molar-refractivity contribution in [1.82, 2.24) is 0 Å². The highest BCUT2D eigenvalue weighted by Gasteiger charge is 2.14. The first-order valence-corrected chi connectivity index (χ1v) is 8.10. The van der Waals surface area contributed by atoms with E-state index in [1.807, 2.05) is 0 Å². The maximum atomic E-state index is 11.8. The summed E-state index contributed by atoms with van der Waals surface area (Å²) in [6.45, 7) is 1.79. The number of carbonyl (C=O) groups excluding carboxylic acids is 1. The number of carboxylic acid groups (broad SMARTS) is 1. The first-order chi connectivity index (χ1) is 9.36. The molecule has 0 aliphatic heterocycles. The molecular weight excluding hydrogens is 280 g/mol. The lowest BCUT2D eigenvalue weighted by atomic mass is 10.1. The second kappa shape index (κ2) is 7.19. The Bertz CT molecular complexity index is 572. The summed E-state index contributed by atoms with van der Waals surface area (Å²) >= 11 is 0. The van der Waals surface area contributed by atoms with Crippen molar-refractivity contribution in [3.63, 3.8) is 0 Å². The monoisotopic (exact) mass is 298 g/mol. The lowest BCUT2D eigenvalue weighted by Gasteiger charge is -2.04. The molecule has 0 spiro atoms. The maximum absolute atomic E-state index is 11.8. The number of carbonyl (C=O) groups is 2. The Kier molecular flexibility index (Phi) is 5.88. The van der Waals surface area contributed by atoms with Gasteiger partial charge in [-0.25, -0.2) is 8.42 Å². The van der Waals surface area contributed by atoms with Crippen LogP contribution in [-0.2, 0) is 14.6 Å². The van der Waals surface area contributed by atoms with Crippen LogP contribution in [0.4, 0.5) is 0 Å². The van der Waals surface area contributed by atoms with Gasteiger partial charge in [0.25, 0.3) is 0 Å². The highest BCUT2D eigenvalue weighted by Crippen LogP contribution is 2.15. The third kappa shape index (κ3) is 4.77. The zero-order chi connectivity index (χ0) is 15.2. The van der Waals surface area contributed by atoms with Crippen LogP contribution in [-0.4, -0.2) is 31.0 Å². The second-order valence-electron chi connectivity index (χ2n) is 4.51. The second-order valence-corrected chi connectivity index (χ2v) is 6.62. The van der Waals surface area contributed by atoms with Gasteiger partial charge in [-0.15, -0.1) is 0 Å². The van der Waals surface area contributed by atoms with Crippen LogP contribution in [0.3, 0.4) is 0 Å². The van der Waals surface area contributed by atoms with Gasteiger partial charge in [0.05, 0.1) is 10.6 Å². The van der Waals surface area contributed by atoms with Crippen LogP contribution in [0.15, 0.2) is 29.2 Å². The highest BCUT2D eigenvalue weighted by molar-refractivity contribution is 7.91. The molecule has 6 heteroatoms. The summed E-state index contributed by atoms with van der Waals surface area (Å²) in [5.74, 6) is -1.02. The average Bonchev–Trinajstić information content (AvgIpc) is 2.38. The van der Waals surface area contributed by atoms with Gasteiger partial charge in [0, 0.05) is 18.4 Å². The molecule has 0 aliphatic carbocycles. The molecule has 0 saturated heterocycles. The van der Waals surface area contributed by atoms with Crippen LogP contribution in [0.5, 0.6) is 0 Å². The largest absolute Gasteiger partial charge is 0.481 e. The molecule has 1 N–H and O–H groups in total. The topological polar surface area (TPSA) is 88.5 Å². The van der Waals surface area contributed by atoms with Crippen molar-refractivity contribution in [3.05, 3.63) is 29.8 Å². The fourth-order valence-electron chi connectivity index (χ4n) is 1.78. The third-order valence-corrected chi connectivity index (χ3v) is 4.74. The third-order valence-electron chi connectivity index (χ3n) is 2.80.